The molecular formula is C14H14F3NO3. The number of hydrogen-bond donors (Lipinski definition) is 1. The SMILES string of the molecule is C[C@H](OC(=O)c1cccc(C(F)(F)F)c1)C(=O)NC1CC1. The smallest absolute Gasteiger partial charge is 0.416 e. The molecule has 2 rings (SSSR count). The number of ether oxygens (including phenoxy) is 1. The lowest BCUT2D eigenvalue weighted by molar-refractivity contribution is -0.137. The Morgan fingerprint density at radius 2 is 2.00 bits per heavy atom. The van der Waals surface area contributed by atoms with E-state index < -0.39 is 29.7 Å². The molecule has 1 aliphatic rings. The van der Waals surface area contributed by atoms with Gasteiger partial charge in [-0.15, -0.1) is 0 Å². The van der Waals surface area contributed by atoms with E-state index in [4.69, 9.17) is 4.74 Å². The van der Waals surface area contributed by atoms with Crippen LogP contribution in [-0.2, 0) is 15.7 Å². The van der Waals surface area contributed by atoms with Gasteiger partial charge in [0, 0.05) is 6.04 Å². The Hall–Kier alpha value is -2.05. The lowest BCUT2D eigenvalue weighted by atomic mass is 10.1. The van der Waals surface area contributed by atoms with Gasteiger partial charge in [-0.25, -0.2) is 4.79 Å². The summed E-state index contributed by atoms with van der Waals surface area (Å²) < 4.78 is 42.5. The molecule has 0 unspecified atom stereocenters. The van der Waals surface area contributed by atoms with Crippen molar-refractivity contribution in [2.75, 3.05) is 0 Å². The highest BCUT2D eigenvalue weighted by Crippen LogP contribution is 2.29. The maximum Gasteiger partial charge on any atom is 0.416 e. The third-order valence-corrected chi connectivity index (χ3v) is 3.00. The minimum Gasteiger partial charge on any atom is -0.449 e. The largest absolute Gasteiger partial charge is 0.449 e. The minimum atomic E-state index is -4.54. The molecule has 0 aromatic heterocycles. The first kappa shape index (κ1) is 15.3. The van der Waals surface area contributed by atoms with Crippen LogP contribution in [-0.4, -0.2) is 24.0 Å². The van der Waals surface area contributed by atoms with E-state index >= 15 is 0 Å². The summed E-state index contributed by atoms with van der Waals surface area (Å²) in [7, 11) is 0. The molecule has 1 atom stereocenters. The van der Waals surface area contributed by atoms with Crippen molar-refractivity contribution in [1.82, 2.24) is 5.32 Å². The molecule has 0 saturated heterocycles. The van der Waals surface area contributed by atoms with Crippen LogP contribution in [0.4, 0.5) is 13.2 Å². The number of benzene rings is 1. The van der Waals surface area contributed by atoms with Gasteiger partial charge >= 0.3 is 12.1 Å². The van der Waals surface area contributed by atoms with E-state index in [1.54, 1.807) is 0 Å². The Labute approximate surface area is 119 Å². The first-order valence-electron chi connectivity index (χ1n) is 6.46. The molecule has 1 saturated carbocycles. The third kappa shape index (κ3) is 4.21. The Balaban J connectivity index is 2.00. The molecule has 0 radical (unpaired) electrons. The summed E-state index contributed by atoms with van der Waals surface area (Å²) in [6.45, 7) is 1.38. The lowest BCUT2D eigenvalue weighted by Gasteiger charge is -2.14. The molecule has 1 aromatic rings. The number of halogens is 3. The summed E-state index contributed by atoms with van der Waals surface area (Å²) >= 11 is 0. The van der Waals surface area contributed by atoms with Crippen LogP contribution in [0.2, 0.25) is 0 Å². The first-order valence-corrected chi connectivity index (χ1v) is 6.46. The van der Waals surface area contributed by atoms with Crippen molar-refractivity contribution in [2.45, 2.75) is 38.1 Å². The minimum absolute atomic E-state index is 0.118. The maximum absolute atomic E-state index is 12.6. The molecule has 0 spiro atoms. The predicted octanol–water partition coefficient (Wildman–Crippen LogP) is 2.53. The second-order valence-electron chi connectivity index (χ2n) is 4.91. The van der Waals surface area contributed by atoms with Crippen LogP contribution >= 0.6 is 0 Å². The van der Waals surface area contributed by atoms with Crippen LogP contribution in [0.25, 0.3) is 0 Å². The summed E-state index contributed by atoms with van der Waals surface area (Å²) in [6, 6.07) is 4.01. The van der Waals surface area contributed by atoms with E-state index in [0.717, 1.165) is 25.0 Å². The number of carbonyl (C=O) groups is 2. The van der Waals surface area contributed by atoms with E-state index in [9.17, 15) is 22.8 Å². The van der Waals surface area contributed by atoms with Gasteiger partial charge in [-0.05, 0) is 38.0 Å². The Morgan fingerprint density at radius 3 is 2.57 bits per heavy atom. The van der Waals surface area contributed by atoms with Gasteiger partial charge in [0.15, 0.2) is 6.10 Å². The standard InChI is InChI=1S/C14H14F3NO3/c1-8(12(19)18-11-5-6-11)21-13(20)9-3-2-4-10(7-9)14(15,16)17/h2-4,7-8,11H,5-6H2,1H3,(H,18,19)/t8-/m0/s1. The molecule has 4 nitrogen and oxygen atoms in total. The highest BCUT2D eigenvalue weighted by atomic mass is 19.4. The molecule has 7 heteroatoms. The van der Waals surface area contributed by atoms with Gasteiger partial charge in [0.05, 0.1) is 11.1 Å². The number of carbonyl (C=O) groups excluding carboxylic acids is 2. The van der Waals surface area contributed by atoms with E-state index in [-0.39, 0.29) is 11.6 Å². The normalized spacial score (nSPS) is 16.2. The zero-order chi connectivity index (χ0) is 15.6. The molecule has 1 amide bonds. The second-order valence-corrected chi connectivity index (χ2v) is 4.91. The van der Waals surface area contributed by atoms with Crippen molar-refractivity contribution in [3.8, 4) is 0 Å². The number of alkyl halides is 3. The molecule has 21 heavy (non-hydrogen) atoms. The average molecular weight is 301 g/mol. The van der Waals surface area contributed by atoms with Crippen LogP contribution in [0.3, 0.4) is 0 Å². The van der Waals surface area contributed by atoms with Gasteiger partial charge in [-0.1, -0.05) is 6.07 Å². The highest BCUT2D eigenvalue weighted by Gasteiger charge is 2.31. The number of amides is 1. The average Bonchev–Trinajstić information content (AvgIpc) is 3.21. The van der Waals surface area contributed by atoms with Crippen molar-refractivity contribution in [1.29, 1.82) is 0 Å². The fraction of sp³-hybridized carbons (Fsp3) is 0.429. The van der Waals surface area contributed by atoms with Crippen molar-refractivity contribution in [2.24, 2.45) is 0 Å². The van der Waals surface area contributed by atoms with Crippen LogP contribution < -0.4 is 5.32 Å². The van der Waals surface area contributed by atoms with Crippen LogP contribution in [0.15, 0.2) is 24.3 Å². The Morgan fingerprint density at radius 1 is 1.33 bits per heavy atom. The van der Waals surface area contributed by atoms with Gasteiger partial charge in [0.2, 0.25) is 0 Å². The summed E-state index contributed by atoms with van der Waals surface area (Å²) in [4.78, 5) is 23.4. The van der Waals surface area contributed by atoms with Crippen molar-refractivity contribution in [3.05, 3.63) is 35.4 Å². The van der Waals surface area contributed by atoms with Crippen molar-refractivity contribution < 1.29 is 27.5 Å². The summed E-state index contributed by atoms with van der Waals surface area (Å²) in [5, 5.41) is 2.65. The number of esters is 1. The first-order chi connectivity index (χ1) is 9.77. The zero-order valence-corrected chi connectivity index (χ0v) is 11.2. The molecule has 0 bridgehead atoms. The number of hydrogen-bond acceptors (Lipinski definition) is 3. The summed E-state index contributed by atoms with van der Waals surface area (Å²) in [5.41, 5.74) is -1.18. The van der Waals surface area contributed by atoms with Crippen LogP contribution in [0.5, 0.6) is 0 Å². The molecule has 114 valence electrons. The lowest BCUT2D eigenvalue weighted by Crippen LogP contribution is -2.37. The van der Waals surface area contributed by atoms with Gasteiger partial charge in [0.1, 0.15) is 0 Å². The monoisotopic (exact) mass is 301 g/mol. The second kappa shape index (κ2) is 5.75. The molecular weight excluding hydrogens is 287 g/mol. The fourth-order valence-corrected chi connectivity index (χ4v) is 1.65. The van der Waals surface area contributed by atoms with E-state index in [2.05, 4.69) is 5.32 Å². The van der Waals surface area contributed by atoms with Gasteiger partial charge < -0.3 is 10.1 Å². The van der Waals surface area contributed by atoms with Gasteiger partial charge in [0.25, 0.3) is 5.91 Å². The van der Waals surface area contributed by atoms with E-state index in [0.29, 0.717) is 6.07 Å². The van der Waals surface area contributed by atoms with Gasteiger partial charge in [-0.2, -0.15) is 13.2 Å². The Kier molecular flexibility index (Phi) is 4.20. The van der Waals surface area contributed by atoms with Gasteiger partial charge in [-0.3, -0.25) is 4.79 Å². The topological polar surface area (TPSA) is 55.4 Å². The zero-order valence-electron chi connectivity index (χ0n) is 11.2. The summed E-state index contributed by atoms with van der Waals surface area (Å²) in [6.07, 6.45) is -3.81. The fourth-order valence-electron chi connectivity index (χ4n) is 1.65. The quantitative estimate of drug-likeness (QED) is 0.870. The molecule has 1 N–H and O–H groups in total. The van der Waals surface area contributed by atoms with Crippen LogP contribution in [0.1, 0.15) is 35.7 Å². The van der Waals surface area contributed by atoms with Crippen molar-refractivity contribution in [3.63, 3.8) is 0 Å². The maximum atomic E-state index is 12.6. The van der Waals surface area contributed by atoms with Crippen molar-refractivity contribution >= 4 is 11.9 Å². The third-order valence-electron chi connectivity index (χ3n) is 3.00. The molecule has 0 heterocycles. The molecule has 0 aliphatic heterocycles. The molecule has 1 fully saturated rings. The predicted molar refractivity (Wildman–Crippen MR) is 67.5 cm³/mol. The number of nitrogens with one attached hydrogen (secondary N) is 1. The molecule has 1 aromatic carbocycles. The van der Waals surface area contributed by atoms with Crippen LogP contribution in [0, 0.1) is 0 Å². The Bertz CT molecular complexity index is 553. The van der Waals surface area contributed by atoms with E-state index in [1.165, 1.54) is 13.0 Å². The number of rotatable bonds is 4. The van der Waals surface area contributed by atoms with E-state index in [1.807, 2.05) is 0 Å². The summed E-state index contributed by atoms with van der Waals surface area (Å²) in [5.74, 6) is -1.41. The molecule has 1 aliphatic carbocycles. The highest BCUT2D eigenvalue weighted by molar-refractivity contribution is 5.92.